The van der Waals surface area contributed by atoms with Gasteiger partial charge in [-0.25, -0.2) is 41.3 Å². The maximum Gasteiger partial charge on any atom is 0.408 e. The molecule has 0 spiro atoms. The van der Waals surface area contributed by atoms with Gasteiger partial charge in [0.2, 0.25) is 0 Å². The van der Waals surface area contributed by atoms with Gasteiger partial charge in [-0.2, -0.15) is 0 Å². The molecule has 2 N–H and O–H groups in total. The number of hydrogen-bond donors (Lipinski definition) is 2. The van der Waals surface area contributed by atoms with E-state index in [1.807, 2.05) is 20.8 Å². The third-order valence-corrected chi connectivity index (χ3v) is 11.1. The number of aromatic nitrogens is 4. The van der Waals surface area contributed by atoms with E-state index in [1.54, 1.807) is 39.0 Å². The molecule has 0 aliphatic carbocycles. The molecule has 2 aromatic heterocycles. The van der Waals surface area contributed by atoms with E-state index < -0.39 is 74.6 Å². The van der Waals surface area contributed by atoms with Crippen LogP contribution >= 0.6 is 31.9 Å². The second-order valence-corrected chi connectivity index (χ2v) is 18.3. The summed E-state index contributed by atoms with van der Waals surface area (Å²) in [5, 5.41) is 2.77. The van der Waals surface area contributed by atoms with E-state index in [9.17, 15) is 26.6 Å². The van der Waals surface area contributed by atoms with E-state index in [0.717, 1.165) is 12.1 Å². The van der Waals surface area contributed by atoms with Gasteiger partial charge in [-0.05, 0) is 122 Å². The summed E-state index contributed by atoms with van der Waals surface area (Å²) >= 11 is 6.72. The smallest absolute Gasteiger partial charge is 0.408 e. The molecule has 308 valence electrons. The van der Waals surface area contributed by atoms with Crippen molar-refractivity contribution in [2.24, 2.45) is 0 Å². The standard InChI is InChI=1S/C21H24BrF2N3O2.C20H24BrF2N3OS/c1-5-6-8-14(13-9-7-10-15(23)16(13)24)17(18-19(22)26-12-11-25-18)27-20(28)29-21(2,3)4;1-5-6-8-14(13-9-7-10-15(22)16(13)23)17(26-28(27)20(2,3)4)18-19(21)25-12-11-24-18/h5,7,9-12,14,17H,1,6,8H2,2-4H3,(H,27,28);5,7,9-12,14,17,26H,1,6,8H2,2-4H3/t14-,17-;14-,17-,28+/m00/s1. The average Bonchev–Trinajstić information content (AvgIpc) is 3.13. The highest BCUT2D eigenvalue weighted by molar-refractivity contribution is 9.10. The number of amides is 1. The normalized spacial score (nSPS) is 14.2. The summed E-state index contributed by atoms with van der Waals surface area (Å²) in [6, 6.07) is 6.62. The lowest BCUT2D eigenvalue weighted by Gasteiger charge is -2.31. The Balaban J connectivity index is 0.000000306. The van der Waals surface area contributed by atoms with Crippen LogP contribution in [0.2, 0.25) is 0 Å². The van der Waals surface area contributed by atoms with Gasteiger partial charge in [-0.15, -0.1) is 13.2 Å². The zero-order valence-electron chi connectivity index (χ0n) is 32.7. The summed E-state index contributed by atoms with van der Waals surface area (Å²) < 4.78 is 78.9. The molecule has 0 aliphatic rings. The number of nitrogens with zero attached hydrogens (tertiary/aromatic N) is 4. The Hall–Kier alpha value is -3.86. The van der Waals surface area contributed by atoms with Crippen molar-refractivity contribution in [1.29, 1.82) is 0 Å². The number of carbonyl (C=O) groups excluding carboxylic acids is 1. The van der Waals surface area contributed by atoms with Gasteiger partial charge >= 0.3 is 6.09 Å². The maximum absolute atomic E-state index is 14.7. The molecule has 1 amide bonds. The number of rotatable bonds is 15. The van der Waals surface area contributed by atoms with E-state index >= 15 is 0 Å². The van der Waals surface area contributed by atoms with Crippen molar-refractivity contribution in [3.05, 3.63) is 141 Å². The van der Waals surface area contributed by atoms with Crippen molar-refractivity contribution in [2.45, 2.75) is 101 Å². The van der Waals surface area contributed by atoms with Crippen molar-refractivity contribution >= 4 is 48.9 Å². The Kier molecular flexibility index (Phi) is 18.1. The summed E-state index contributed by atoms with van der Waals surface area (Å²) in [6.07, 6.45) is 10.6. The van der Waals surface area contributed by atoms with Crippen molar-refractivity contribution in [3.8, 4) is 0 Å². The number of halogens is 6. The molecule has 4 aromatic rings. The Labute approximate surface area is 351 Å². The minimum atomic E-state index is -1.47. The molecule has 0 fully saturated rings. The SMILES string of the molecule is C=CCC[C@@H](c1cccc(F)c1F)[C@H](NC(=O)OC(C)(C)C)c1nccnc1Br.C=CCC[C@@H](c1cccc(F)c1F)[C@H](N[S@](=O)C(C)(C)C)c1nccnc1Br. The number of alkyl carbamates (subject to hydrolysis) is 1. The topological polar surface area (TPSA) is 119 Å². The minimum Gasteiger partial charge on any atom is -0.444 e. The van der Waals surface area contributed by atoms with Crippen LogP contribution in [-0.2, 0) is 15.7 Å². The first-order valence-electron chi connectivity index (χ1n) is 18.0. The van der Waals surface area contributed by atoms with Crippen LogP contribution in [0.25, 0.3) is 0 Å². The zero-order chi connectivity index (χ0) is 42.5. The first-order valence-corrected chi connectivity index (χ1v) is 20.7. The molecule has 57 heavy (non-hydrogen) atoms. The van der Waals surface area contributed by atoms with Crippen molar-refractivity contribution in [3.63, 3.8) is 0 Å². The van der Waals surface area contributed by atoms with Gasteiger partial charge in [0, 0.05) is 36.6 Å². The van der Waals surface area contributed by atoms with Gasteiger partial charge in [0.1, 0.15) is 14.8 Å². The molecule has 9 nitrogen and oxygen atoms in total. The van der Waals surface area contributed by atoms with Crippen LogP contribution < -0.4 is 10.0 Å². The molecule has 0 bridgehead atoms. The van der Waals surface area contributed by atoms with E-state index in [0.29, 0.717) is 46.3 Å². The van der Waals surface area contributed by atoms with E-state index in [4.69, 9.17) is 4.74 Å². The number of hydrogen-bond acceptors (Lipinski definition) is 7. The fourth-order valence-electron chi connectivity index (χ4n) is 5.71. The average molecular weight is 941 g/mol. The highest BCUT2D eigenvalue weighted by Gasteiger charge is 2.35. The number of allylic oxidation sites excluding steroid dienone is 2. The molecule has 2 aromatic carbocycles. The summed E-state index contributed by atoms with van der Waals surface area (Å²) in [5.74, 6) is -4.92. The molecule has 0 aliphatic heterocycles. The van der Waals surface area contributed by atoms with Crippen molar-refractivity contribution in [1.82, 2.24) is 30.0 Å². The Morgan fingerprint density at radius 1 is 0.754 bits per heavy atom. The fraction of sp³-hybridized carbons (Fsp3) is 0.390. The van der Waals surface area contributed by atoms with Crippen LogP contribution in [0.15, 0.2) is 95.7 Å². The predicted molar refractivity (Wildman–Crippen MR) is 222 cm³/mol. The highest BCUT2D eigenvalue weighted by Crippen LogP contribution is 2.40. The highest BCUT2D eigenvalue weighted by atomic mass is 79.9. The molecule has 0 radical (unpaired) electrons. The molecule has 0 saturated heterocycles. The second kappa shape index (κ2) is 21.8. The quantitative estimate of drug-likeness (QED) is 0.0900. The van der Waals surface area contributed by atoms with Gasteiger partial charge in [0.15, 0.2) is 23.3 Å². The zero-order valence-corrected chi connectivity index (χ0v) is 36.7. The van der Waals surface area contributed by atoms with E-state index in [-0.39, 0.29) is 11.1 Å². The maximum atomic E-state index is 14.7. The second-order valence-electron chi connectivity index (χ2n) is 14.8. The summed E-state index contributed by atoms with van der Waals surface area (Å²) in [6.45, 7) is 18.2. The van der Waals surface area contributed by atoms with Crippen LogP contribution in [0, 0.1) is 23.3 Å². The van der Waals surface area contributed by atoms with Gasteiger partial charge in [0.05, 0.1) is 39.2 Å². The summed E-state index contributed by atoms with van der Waals surface area (Å²) in [4.78, 5) is 29.6. The molecule has 0 saturated carbocycles. The van der Waals surface area contributed by atoms with E-state index in [2.05, 4.69) is 75.0 Å². The third kappa shape index (κ3) is 13.9. The largest absolute Gasteiger partial charge is 0.444 e. The fourth-order valence-corrected chi connectivity index (χ4v) is 7.50. The van der Waals surface area contributed by atoms with Crippen molar-refractivity contribution in [2.75, 3.05) is 0 Å². The van der Waals surface area contributed by atoms with Gasteiger partial charge < -0.3 is 10.1 Å². The molecular weight excluding hydrogens is 892 g/mol. The van der Waals surface area contributed by atoms with Crippen LogP contribution in [0.5, 0.6) is 0 Å². The lowest BCUT2D eigenvalue weighted by molar-refractivity contribution is 0.0492. The molecule has 16 heteroatoms. The lowest BCUT2D eigenvalue weighted by Crippen LogP contribution is -2.38. The molecular formula is C41H48Br2F4N6O3S. The monoisotopic (exact) mass is 938 g/mol. The number of nitrogens with one attached hydrogen (secondary N) is 2. The van der Waals surface area contributed by atoms with Crippen molar-refractivity contribution < 1.29 is 31.3 Å². The van der Waals surface area contributed by atoms with Gasteiger partial charge in [-0.3, -0.25) is 9.97 Å². The molecule has 0 unspecified atom stereocenters. The predicted octanol–water partition coefficient (Wildman–Crippen LogP) is 11.2. The Morgan fingerprint density at radius 2 is 1.18 bits per heavy atom. The molecule has 2 heterocycles. The van der Waals surface area contributed by atoms with Crippen LogP contribution in [-0.4, -0.2) is 40.6 Å². The first-order chi connectivity index (χ1) is 26.8. The molecule has 5 atom stereocenters. The molecule has 4 rings (SSSR count). The first kappa shape index (κ1) is 47.5. The summed E-state index contributed by atoms with van der Waals surface area (Å²) in [5.41, 5.74) is 0.469. The lowest BCUT2D eigenvalue weighted by atomic mass is 9.85. The number of ether oxygens (including phenoxy) is 1. The number of benzene rings is 2. The van der Waals surface area contributed by atoms with Gasteiger partial charge in [-0.1, -0.05) is 36.4 Å². The van der Waals surface area contributed by atoms with Crippen LogP contribution in [0.4, 0.5) is 22.4 Å². The van der Waals surface area contributed by atoms with Gasteiger partial charge in [0.25, 0.3) is 0 Å². The minimum absolute atomic E-state index is 0.130. The third-order valence-electron chi connectivity index (χ3n) is 8.34. The summed E-state index contributed by atoms with van der Waals surface area (Å²) in [7, 11) is -1.47. The van der Waals surface area contributed by atoms with E-state index in [1.165, 1.54) is 43.0 Å². The number of carbonyl (C=O) groups is 1. The van der Waals surface area contributed by atoms with Crippen LogP contribution in [0.1, 0.15) is 114 Å². The van der Waals surface area contributed by atoms with Crippen LogP contribution in [0.3, 0.4) is 0 Å². The Morgan fingerprint density at radius 3 is 1.58 bits per heavy atom. The Bertz CT molecular complexity index is 2010.